The molecule has 0 atom stereocenters. The van der Waals surface area contributed by atoms with Crippen LogP contribution in [0.2, 0.25) is 0 Å². The van der Waals surface area contributed by atoms with E-state index in [1.165, 1.54) is 0 Å². The third-order valence-electron chi connectivity index (χ3n) is 2.18. The lowest BCUT2D eigenvalue weighted by atomic mass is 10.3. The number of amides is 1. The van der Waals surface area contributed by atoms with E-state index in [9.17, 15) is 4.79 Å². The monoisotopic (exact) mass is 211 g/mol. The van der Waals surface area contributed by atoms with Crippen molar-refractivity contribution in [1.82, 2.24) is 15.5 Å². The van der Waals surface area contributed by atoms with Gasteiger partial charge in [0.05, 0.1) is 13.1 Å². The molecule has 0 aromatic rings. The molecule has 0 fully saturated rings. The van der Waals surface area contributed by atoms with Crippen LogP contribution in [0.15, 0.2) is 0 Å². The average molecular weight is 211 g/mol. The molecular weight excluding hydrogens is 190 g/mol. The van der Waals surface area contributed by atoms with E-state index in [0.717, 1.165) is 6.54 Å². The number of nitrogens with zero attached hydrogens (tertiary/aromatic N) is 1. The maximum Gasteiger partial charge on any atom is 0.234 e. The Morgan fingerprint density at radius 2 is 2.20 bits per heavy atom. The number of hydrogen-bond acceptors (Lipinski definition) is 3. The maximum atomic E-state index is 11.2. The third-order valence-corrected chi connectivity index (χ3v) is 2.18. The highest BCUT2D eigenvalue weighted by Crippen LogP contribution is 1.90. The number of carbonyl (C=O) groups excluding carboxylic acids is 1. The summed E-state index contributed by atoms with van der Waals surface area (Å²) in [7, 11) is 2.04. The average Bonchev–Trinajstić information content (AvgIpc) is 2.18. The standard InChI is InChI=1S/C11H21N3O/c1-5-6-12-9-11(15)13-7-8-14(4)10(2)3/h1,10,12H,6-9H2,2-4H3,(H,13,15). The number of nitrogens with one attached hydrogen (secondary N) is 2. The van der Waals surface area contributed by atoms with Crippen LogP contribution in [-0.2, 0) is 4.79 Å². The Bertz CT molecular complexity index is 220. The van der Waals surface area contributed by atoms with E-state index in [1.807, 2.05) is 7.05 Å². The molecule has 0 aliphatic carbocycles. The van der Waals surface area contributed by atoms with E-state index in [-0.39, 0.29) is 12.5 Å². The lowest BCUT2D eigenvalue weighted by Gasteiger charge is -2.20. The molecule has 0 saturated heterocycles. The Morgan fingerprint density at radius 3 is 2.73 bits per heavy atom. The van der Waals surface area contributed by atoms with E-state index in [0.29, 0.717) is 19.1 Å². The predicted octanol–water partition coefficient (Wildman–Crippen LogP) is -0.334. The van der Waals surface area contributed by atoms with E-state index >= 15 is 0 Å². The first-order valence-electron chi connectivity index (χ1n) is 5.19. The number of rotatable bonds is 7. The summed E-state index contributed by atoms with van der Waals surface area (Å²) in [6, 6.07) is 0.501. The predicted molar refractivity (Wildman–Crippen MR) is 62.5 cm³/mol. The van der Waals surface area contributed by atoms with Crippen LogP contribution in [0.5, 0.6) is 0 Å². The highest BCUT2D eigenvalue weighted by molar-refractivity contribution is 5.77. The molecular formula is C11H21N3O. The zero-order valence-electron chi connectivity index (χ0n) is 9.84. The molecule has 0 radical (unpaired) electrons. The minimum Gasteiger partial charge on any atom is -0.354 e. The Morgan fingerprint density at radius 1 is 1.53 bits per heavy atom. The second-order valence-corrected chi connectivity index (χ2v) is 3.73. The van der Waals surface area contributed by atoms with Crippen LogP contribution in [0.1, 0.15) is 13.8 Å². The molecule has 86 valence electrons. The van der Waals surface area contributed by atoms with Crippen molar-refractivity contribution in [2.75, 3.05) is 33.2 Å². The van der Waals surface area contributed by atoms with Crippen molar-refractivity contribution in [2.24, 2.45) is 0 Å². The van der Waals surface area contributed by atoms with Crippen molar-refractivity contribution < 1.29 is 4.79 Å². The van der Waals surface area contributed by atoms with Gasteiger partial charge in [-0.1, -0.05) is 5.92 Å². The van der Waals surface area contributed by atoms with Crippen LogP contribution in [0.3, 0.4) is 0 Å². The molecule has 4 nitrogen and oxygen atoms in total. The fourth-order valence-corrected chi connectivity index (χ4v) is 0.941. The summed E-state index contributed by atoms with van der Waals surface area (Å²) in [4.78, 5) is 13.4. The molecule has 0 unspecified atom stereocenters. The van der Waals surface area contributed by atoms with Gasteiger partial charge in [-0.2, -0.15) is 0 Å². The third kappa shape index (κ3) is 7.98. The van der Waals surface area contributed by atoms with Gasteiger partial charge in [0.25, 0.3) is 0 Å². The smallest absolute Gasteiger partial charge is 0.234 e. The largest absolute Gasteiger partial charge is 0.354 e. The van der Waals surface area contributed by atoms with Gasteiger partial charge in [0.1, 0.15) is 0 Å². The molecule has 0 rings (SSSR count). The van der Waals surface area contributed by atoms with Crippen molar-refractivity contribution >= 4 is 5.91 Å². The first-order chi connectivity index (χ1) is 7.07. The molecule has 2 N–H and O–H groups in total. The number of hydrogen-bond donors (Lipinski definition) is 2. The lowest BCUT2D eigenvalue weighted by Crippen LogP contribution is -2.39. The normalized spacial score (nSPS) is 10.4. The van der Waals surface area contributed by atoms with E-state index in [4.69, 9.17) is 6.42 Å². The highest BCUT2D eigenvalue weighted by Gasteiger charge is 2.03. The summed E-state index contributed by atoms with van der Waals surface area (Å²) in [5, 5.41) is 5.65. The Balaban J connectivity index is 3.43. The summed E-state index contributed by atoms with van der Waals surface area (Å²) in [6.45, 7) is 6.49. The molecule has 0 aromatic heterocycles. The minimum absolute atomic E-state index is 0.0117. The Hall–Kier alpha value is -1.05. The SMILES string of the molecule is C#CCNCC(=O)NCCN(C)C(C)C. The van der Waals surface area contributed by atoms with Gasteiger partial charge in [0.15, 0.2) is 0 Å². The van der Waals surface area contributed by atoms with Gasteiger partial charge >= 0.3 is 0 Å². The van der Waals surface area contributed by atoms with Crippen LogP contribution < -0.4 is 10.6 Å². The highest BCUT2D eigenvalue weighted by atomic mass is 16.1. The quantitative estimate of drug-likeness (QED) is 0.447. The number of carbonyl (C=O) groups is 1. The van der Waals surface area contributed by atoms with Crippen LogP contribution in [0.25, 0.3) is 0 Å². The summed E-state index contributed by atoms with van der Waals surface area (Å²) in [5.74, 6) is 2.40. The summed E-state index contributed by atoms with van der Waals surface area (Å²) in [6.07, 6.45) is 5.04. The van der Waals surface area contributed by atoms with E-state index < -0.39 is 0 Å². The molecule has 0 aliphatic heterocycles. The first-order valence-corrected chi connectivity index (χ1v) is 5.19. The van der Waals surface area contributed by atoms with Gasteiger partial charge in [-0.15, -0.1) is 6.42 Å². The van der Waals surface area contributed by atoms with Crippen molar-refractivity contribution in [3.63, 3.8) is 0 Å². The van der Waals surface area contributed by atoms with Crippen LogP contribution in [0, 0.1) is 12.3 Å². The van der Waals surface area contributed by atoms with Crippen LogP contribution >= 0.6 is 0 Å². The van der Waals surface area contributed by atoms with Crippen molar-refractivity contribution in [3.05, 3.63) is 0 Å². The fourth-order valence-electron chi connectivity index (χ4n) is 0.941. The fraction of sp³-hybridized carbons (Fsp3) is 0.727. The lowest BCUT2D eigenvalue weighted by molar-refractivity contribution is -0.120. The molecule has 0 heterocycles. The van der Waals surface area contributed by atoms with Gasteiger partial charge in [0.2, 0.25) is 5.91 Å². The number of terminal acetylenes is 1. The van der Waals surface area contributed by atoms with E-state index in [2.05, 4.69) is 35.3 Å². The molecule has 0 aromatic carbocycles. The summed E-state index contributed by atoms with van der Waals surface area (Å²) < 4.78 is 0. The van der Waals surface area contributed by atoms with Crippen LogP contribution in [0.4, 0.5) is 0 Å². The van der Waals surface area contributed by atoms with Crippen LogP contribution in [-0.4, -0.2) is 50.1 Å². The van der Waals surface area contributed by atoms with Crippen molar-refractivity contribution in [1.29, 1.82) is 0 Å². The van der Waals surface area contributed by atoms with Gasteiger partial charge in [-0.3, -0.25) is 10.1 Å². The molecule has 15 heavy (non-hydrogen) atoms. The van der Waals surface area contributed by atoms with Gasteiger partial charge < -0.3 is 10.2 Å². The topological polar surface area (TPSA) is 44.4 Å². The molecule has 1 amide bonds. The van der Waals surface area contributed by atoms with Gasteiger partial charge in [0, 0.05) is 19.1 Å². The van der Waals surface area contributed by atoms with Crippen molar-refractivity contribution in [2.45, 2.75) is 19.9 Å². The Labute approximate surface area is 92.4 Å². The second kappa shape index (κ2) is 8.27. The maximum absolute atomic E-state index is 11.2. The summed E-state index contributed by atoms with van der Waals surface area (Å²) >= 11 is 0. The second-order valence-electron chi connectivity index (χ2n) is 3.73. The molecule has 0 saturated carbocycles. The zero-order valence-corrected chi connectivity index (χ0v) is 9.84. The minimum atomic E-state index is -0.0117. The first kappa shape index (κ1) is 13.9. The zero-order chi connectivity index (χ0) is 11.7. The van der Waals surface area contributed by atoms with E-state index in [1.54, 1.807) is 0 Å². The number of likely N-dealkylation sites (N-methyl/N-ethyl adjacent to an activating group) is 1. The van der Waals surface area contributed by atoms with Crippen molar-refractivity contribution in [3.8, 4) is 12.3 Å². The Kier molecular flexibility index (Phi) is 7.69. The van der Waals surface area contributed by atoms with Gasteiger partial charge in [-0.05, 0) is 20.9 Å². The molecule has 0 spiro atoms. The molecule has 0 aliphatic rings. The summed E-state index contributed by atoms with van der Waals surface area (Å²) in [5.41, 5.74) is 0. The molecule has 4 heteroatoms. The van der Waals surface area contributed by atoms with Gasteiger partial charge in [-0.25, -0.2) is 0 Å². The molecule has 0 bridgehead atoms.